The van der Waals surface area contributed by atoms with Crippen molar-refractivity contribution in [2.24, 2.45) is 0 Å². The summed E-state index contributed by atoms with van der Waals surface area (Å²) in [6.45, 7) is 0.632. The smallest absolute Gasteiger partial charge is 0.265 e. The summed E-state index contributed by atoms with van der Waals surface area (Å²) in [6, 6.07) is 15.9. The van der Waals surface area contributed by atoms with Gasteiger partial charge in [0.15, 0.2) is 0 Å². The Morgan fingerprint density at radius 1 is 1.00 bits per heavy atom. The predicted octanol–water partition coefficient (Wildman–Crippen LogP) is 3.55. The molecule has 0 spiro atoms. The Labute approximate surface area is 172 Å². The summed E-state index contributed by atoms with van der Waals surface area (Å²) in [4.78, 5) is 38.3. The van der Waals surface area contributed by atoms with Crippen molar-refractivity contribution < 1.29 is 14.4 Å². The zero-order chi connectivity index (χ0) is 20.2. The molecule has 6 nitrogen and oxygen atoms in total. The van der Waals surface area contributed by atoms with Crippen LogP contribution in [0.25, 0.3) is 10.1 Å². The second-order valence-corrected chi connectivity index (χ2v) is 8.04. The molecule has 0 saturated carbocycles. The quantitative estimate of drug-likeness (QED) is 0.618. The molecule has 3 amide bonds. The fourth-order valence-electron chi connectivity index (χ4n) is 3.38. The lowest BCUT2D eigenvalue weighted by Crippen LogP contribution is -2.45. The van der Waals surface area contributed by atoms with Crippen LogP contribution in [0.2, 0.25) is 0 Å². The van der Waals surface area contributed by atoms with Crippen molar-refractivity contribution in [2.45, 2.75) is 25.3 Å². The molecule has 0 radical (unpaired) electrons. The number of fused-ring (bicyclic) bond motifs is 1. The van der Waals surface area contributed by atoms with Gasteiger partial charge in [0, 0.05) is 11.2 Å². The molecule has 1 fully saturated rings. The van der Waals surface area contributed by atoms with E-state index >= 15 is 0 Å². The molecule has 7 heteroatoms. The molecule has 0 bridgehead atoms. The van der Waals surface area contributed by atoms with E-state index in [1.54, 1.807) is 24.3 Å². The summed E-state index contributed by atoms with van der Waals surface area (Å²) in [7, 11) is 0. The molecule has 2 aromatic carbocycles. The van der Waals surface area contributed by atoms with Crippen LogP contribution in [-0.4, -0.2) is 30.3 Å². The third-order valence-corrected chi connectivity index (χ3v) is 6.02. The standard InChI is InChI=1S/C22H21N3O3S/c26-20(25-17-10-5-6-12-23-21(17)27)15-8-2-3-9-16(15)24-22(28)19-13-14-7-1-4-11-18(14)29-19/h1-4,7-9,11,13,17H,5-6,10,12H2,(H,23,27)(H,24,28)(H,25,26). The van der Waals surface area contributed by atoms with Crippen molar-refractivity contribution in [2.75, 3.05) is 11.9 Å². The molecule has 2 heterocycles. The average Bonchev–Trinajstić information content (AvgIpc) is 3.07. The van der Waals surface area contributed by atoms with E-state index in [0.717, 1.165) is 22.9 Å². The third kappa shape index (κ3) is 4.30. The van der Waals surface area contributed by atoms with Gasteiger partial charge in [0.1, 0.15) is 6.04 Å². The molecule has 0 aliphatic carbocycles. The topological polar surface area (TPSA) is 87.3 Å². The van der Waals surface area contributed by atoms with Crippen LogP contribution in [0.4, 0.5) is 5.69 Å². The van der Waals surface area contributed by atoms with Crippen LogP contribution in [0.1, 0.15) is 39.3 Å². The van der Waals surface area contributed by atoms with Crippen LogP contribution < -0.4 is 16.0 Å². The molecule has 3 aromatic rings. The highest BCUT2D eigenvalue weighted by Gasteiger charge is 2.24. The summed E-state index contributed by atoms with van der Waals surface area (Å²) in [6.07, 6.45) is 2.38. The molecule has 1 unspecified atom stereocenters. The number of benzene rings is 2. The number of anilines is 1. The van der Waals surface area contributed by atoms with E-state index in [1.165, 1.54) is 11.3 Å². The molecule has 4 rings (SSSR count). The van der Waals surface area contributed by atoms with Gasteiger partial charge in [-0.1, -0.05) is 30.3 Å². The number of hydrogen-bond acceptors (Lipinski definition) is 4. The first-order valence-electron chi connectivity index (χ1n) is 9.59. The number of hydrogen-bond donors (Lipinski definition) is 3. The molecule has 148 valence electrons. The van der Waals surface area contributed by atoms with Crippen LogP contribution in [0, 0.1) is 0 Å². The molecule has 1 aliphatic rings. The lowest BCUT2D eigenvalue weighted by molar-refractivity contribution is -0.122. The number of rotatable bonds is 4. The Morgan fingerprint density at radius 3 is 2.66 bits per heavy atom. The van der Waals surface area contributed by atoms with Crippen LogP contribution in [-0.2, 0) is 4.79 Å². The second kappa shape index (κ2) is 8.45. The SMILES string of the molecule is O=C(Nc1ccccc1C(=O)NC1CCCCNC1=O)c1cc2ccccc2s1. The van der Waals surface area contributed by atoms with Crippen molar-refractivity contribution in [1.29, 1.82) is 0 Å². The largest absolute Gasteiger partial charge is 0.354 e. The molecule has 3 N–H and O–H groups in total. The molecular weight excluding hydrogens is 386 g/mol. The number of thiophene rings is 1. The normalized spacial score (nSPS) is 16.7. The lowest BCUT2D eigenvalue weighted by Gasteiger charge is -2.17. The van der Waals surface area contributed by atoms with Crippen molar-refractivity contribution in [1.82, 2.24) is 10.6 Å². The zero-order valence-electron chi connectivity index (χ0n) is 15.7. The van der Waals surface area contributed by atoms with Gasteiger partial charge in [0.2, 0.25) is 5.91 Å². The summed E-state index contributed by atoms with van der Waals surface area (Å²) in [5.41, 5.74) is 0.750. The van der Waals surface area contributed by atoms with E-state index in [4.69, 9.17) is 0 Å². The fraction of sp³-hybridized carbons (Fsp3) is 0.227. The van der Waals surface area contributed by atoms with Crippen molar-refractivity contribution in [3.05, 3.63) is 65.0 Å². The van der Waals surface area contributed by atoms with Crippen LogP contribution in [0.3, 0.4) is 0 Å². The maximum absolute atomic E-state index is 12.8. The van der Waals surface area contributed by atoms with E-state index < -0.39 is 6.04 Å². The van der Waals surface area contributed by atoms with E-state index in [0.29, 0.717) is 29.1 Å². The van der Waals surface area contributed by atoms with Crippen molar-refractivity contribution >= 4 is 44.8 Å². The van der Waals surface area contributed by atoms with E-state index in [9.17, 15) is 14.4 Å². The summed E-state index contributed by atoms with van der Waals surface area (Å²) >= 11 is 1.40. The maximum Gasteiger partial charge on any atom is 0.265 e. The Hall–Kier alpha value is -3.19. The van der Waals surface area contributed by atoms with Gasteiger partial charge in [-0.25, -0.2) is 0 Å². The molecule has 1 atom stereocenters. The highest BCUT2D eigenvalue weighted by Crippen LogP contribution is 2.26. The minimum atomic E-state index is -0.559. The second-order valence-electron chi connectivity index (χ2n) is 6.96. The summed E-state index contributed by atoms with van der Waals surface area (Å²) < 4.78 is 1.03. The number of para-hydroxylation sites is 1. The first-order valence-corrected chi connectivity index (χ1v) is 10.4. The minimum absolute atomic E-state index is 0.164. The molecule has 1 aromatic heterocycles. The minimum Gasteiger partial charge on any atom is -0.354 e. The first-order chi connectivity index (χ1) is 14.1. The average molecular weight is 407 g/mol. The highest BCUT2D eigenvalue weighted by atomic mass is 32.1. The Morgan fingerprint density at radius 2 is 1.79 bits per heavy atom. The predicted molar refractivity (Wildman–Crippen MR) is 114 cm³/mol. The Kier molecular flexibility index (Phi) is 5.57. The molecular formula is C22H21N3O3S. The monoisotopic (exact) mass is 407 g/mol. The van der Waals surface area contributed by atoms with Crippen LogP contribution in [0.15, 0.2) is 54.6 Å². The number of amides is 3. The first kappa shape index (κ1) is 19.1. The van der Waals surface area contributed by atoms with E-state index in [1.807, 2.05) is 30.3 Å². The van der Waals surface area contributed by atoms with E-state index in [-0.39, 0.29) is 17.7 Å². The highest BCUT2D eigenvalue weighted by molar-refractivity contribution is 7.20. The van der Waals surface area contributed by atoms with E-state index in [2.05, 4.69) is 16.0 Å². The summed E-state index contributed by atoms with van der Waals surface area (Å²) in [5.74, 6) is -0.805. The number of nitrogens with one attached hydrogen (secondary N) is 3. The van der Waals surface area contributed by atoms with Gasteiger partial charge in [-0.2, -0.15) is 0 Å². The van der Waals surface area contributed by atoms with Gasteiger partial charge in [0.25, 0.3) is 11.8 Å². The van der Waals surface area contributed by atoms with Gasteiger partial charge < -0.3 is 16.0 Å². The Bertz CT molecular complexity index is 1040. The van der Waals surface area contributed by atoms with Gasteiger partial charge in [-0.05, 0) is 48.9 Å². The van der Waals surface area contributed by atoms with Crippen LogP contribution >= 0.6 is 11.3 Å². The van der Waals surface area contributed by atoms with Crippen LogP contribution in [0.5, 0.6) is 0 Å². The molecule has 29 heavy (non-hydrogen) atoms. The Balaban J connectivity index is 1.52. The number of carbonyl (C=O) groups excluding carboxylic acids is 3. The third-order valence-electron chi connectivity index (χ3n) is 4.91. The van der Waals surface area contributed by atoms with Gasteiger partial charge >= 0.3 is 0 Å². The zero-order valence-corrected chi connectivity index (χ0v) is 16.6. The van der Waals surface area contributed by atoms with Gasteiger partial charge in [-0.3, -0.25) is 14.4 Å². The molecule has 1 aliphatic heterocycles. The van der Waals surface area contributed by atoms with Gasteiger partial charge in [-0.15, -0.1) is 11.3 Å². The maximum atomic E-state index is 12.8. The number of carbonyl (C=O) groups is 3. The fourth-order valence-corrected chi connectivity index (χ4v) is 4.34. The lowest BCUT2D eigenvalue weighted by atomic mass is 10.1. The molecule has 1 saturated heterocycles. The van der Waals surface area contributed by atoms with Crippen molar-refractivity contribution in [3.63, 3.8) is 0 Å². The van der Waals surface area contributed by atoms with Crippen molar-refractivity contribution in [3.8, 4) is 0 Å². The summed E-state index contributed by atoms with van der Waals surface area (Å²) in [5, 5.41) is 9.46. The van der Waals surface area contributed by atoms with Gasteiger partial charge in [0.05, 0.1) is 16.1 Å².